The Bertz CT molecular complexity index is 906. The molecule has 0 atom stereocenters. The fourth-order valence-corrected chi connectivity index (χ4v) is 2.81. The van der Waals surface area contributed by atoms with Crippen molar-refractivity contribution >= 4 is 26.6 Å². The Hall–Kier alpha value is -2.37. The van der Waals surface area contributed by atoms with Crippen LogP contribution in [0.4, 0.5) is 5.69 Å². The summed E-state index contributed by atoms with van der Waals surface area (Å²) in [4.78, 5) is -0.0970. The van der Waals surface area contributed by atoms with Gasteiger partial charge in [0.25, 0.3) is 10.1 Å². The molecule has 0 saturated carbocycles. The van der Waals surface area contributed by atoms with Gasteiger partial charge in [0, 0.05) is 12.2 Å². The first kappa shape index (κ1) is 14.6. The average molecular weight is 313 g/mol. The normalized spacial score (nSPS) is 11.5. The summed E-state index contributed by atoms with van der Waals surface area (Å²) in [5.41, 5.74) is 2.05. The van der Waals surface area contributed by atoms with Gasteiger partial charge in [-0.15, -0.1) is 0 Å². The third kappa shape index (κ3) is 3.27. The number of rotatable bonds is 4. The zero-order chi connectivity index (χ0) is 15.6. The second-order valence-corrected chi connectivity index (χ2v) is 6.46. The van der Waals surface area contributed by atoms with Crippen molar-refractivity contribution in [3.8, 4) is 0 Å². The summed E-state index contributed by atoms with van der Waals surface area (Å²) >= 11 is 0. The molecule has 0 aliphatic heterocycles. The van der Waals surface area contributed by atoms with Crippen molar-refractivity contribution in [2.24, 2.45) is 0 Å². The summed E-state index contributed by atoms with van der Waals surface area (Å²) < 4.78 is 31.6. The Kier molecular flexibility index (Phi) is 3.83. The maximum Gasteiger partial charge on any atom is 0.294 e. The van der Waals surface area contributed by atoms with E-state index in [1.165, 1.54) is 12.1 Å². The zero-order valence-corrected chi connectivity index (χ0v) is 12.5. The first-order valence-corrected chi connectivity index (χ1v) is 8.25. The lowest BCUT2D eigenvalue weighted by molar-refractivity contribution is 0.483. The maximum absolute atomic E-state index is 11.2. The van der Waals surface area contributed by atoms with Crippen molar-refractivity contribution in [2.75, 3.05) is 5.32 Å². The minimum Gasteiger partial charge on any atom is -0.381 e. The van der Waals surface area contributed by atoms with Crippen LogP contribution in [0, 0.1) is 0 Å². The predicted octanol–water partition coefficient (Wildman–Crippen LogP) is 3.70. The number of benzene rings is 3. The number of nitrogens with one attached hydrogen (secondary N) is 1. The van der Waals surface area contributed by atoms with Crippen molar-refractivity contribution in [3.05, 3.63) is 72.3 Å². The highest BCUT2D eigenvalue weighted by Crippen LogP contribution is 2.23. The van der Waals surface area contributed by atoms with E-state index in [4.69, 9.17) is 4.55 Å². The molecule has 0 aromatic heterocycles. The number of fused-ring (bicyclic) bond motifs is 1. The maximum atomic E-state index is 11.2. The topological polar surface area (TPSA) is 66.4 Å². The second kappa shape index (κ2) is 5.79. The van der Waals surface area contributed by atoms with E-state index >= 15 is 0 Å². The van der Waals surface area contributed by atoms with Gasteiger partial charge in [-0.2, -0.15) is 8.42 Å². The highest BCUT2D eigenvalue weighted by Gasteiger charge is 2.09. The standard InChI is InChI=1S/C17H15NO3S/c19-22(20,21)17-9-7-14-6-8-16(10-15(14)11-17)18-12-13-4-2-1-3-5-13/h1-11,18H,12H2,(H,19,20,21). The van der Waals surface area contributed by atoms with Crippen LogP contribution < -0.4 is 5.32 Å². The molecule has 0 saturated heterocycles. The van der Waals surface area contributed by atoms with E-state index in [1.54, 1.807) is 6.07 Å². The van der Waals surface area contributed by atoms with Crippen LogP contribution >= 0.6 is 0 Å². The van der Waals surface area contributed by atoms with Gasteiger partial charge in [0.2, 0.25) is 0 Å². The Labute approximate surface area is 129 Å². The summed E-state index contributed by atoms with van der Waals surface area (Å²) in [5.74, 6) is 0. The van der Waals surface area contributed by atoms with Crippen molar-refractivity contribution in [1.29, 1.82) is 0 Å². The molecule has 2 N–H and O–H groups in total. The summed E-state index contributed by atoms with van der Waals surface area (Å²) in [6.07, 6.45) is 0. The van der Waals surface area contributed by atoms with Crippen LogP contribution in [0.2, 0.25) is 0 Å². The molecule has 0 spiro atoms. The third-order valence-electron chi connectivity index (χ3n) is 3.45. The third-order valence-corrected chi connectivity index (χ3v) is 4.30. The van der Waals surface area contributed by atoms with Crippen LogP contribution in [0.3, 0.4) is 0 Å². The van der Waals surface area contributed by atoms with Gasteiger partial charge >= 0.3 is 0 Å². The fourth-order valence-electron chi connectivity index (χ4n) is 2.30. The van der Waals surface area contributed by atoms with E-state index in [0.717, 1.165) is 22.0 Å². The van der Waals surface area contributed by atoms with Gasteiger partial charge in [-0.3, -0.25) is 4.55 Å². The van der Waals surface area contributed by atoms with Crippen molar-refractivity contribution in [3.63, 3.8) is 0 Å². The van der Waals surface area contributed by atoms with Gasteiger partial charge < -0.3 is 5.32 Å². The van der Waals surface area contributed by atoms with Crippen LogP contribution in [0.15, 0.2) is 71.6 Å². The minimum atomic E-state index is -4.18. The quantitative estimate of drug-likeness (QED) is 0.721. The monoisotopic (exact) mass is 313 g/mol. The largest absolute Gasteiger partial charge is 0.381 e. The Morgan fingerprint density at radius 3 is 2.32 bits per heavy atom. The molecule has 0 heterocycles. The summed E-state index contributed by atoms with van der Waals surface area (Å²) in [6, 6.07) is 20.3. The van der Waals surface area contributed by atoms with Crippen LogP contribution in [-0.2, 0) is 16.7 Å². The van der Waals surface area contributed by atoms with Gasteiger partial charge in [0.05, 0.1) is 4.90 Å². The lowest BCUT2D eigenvalue weighted by Crippen LogP contribution is -1.99. The first-order chi connectivity index (χ1) is 10.5. The highest BCUT2D eigenvalue weighted by atomic mass is 32.2. The molecule has 4 nitrogen and oxygen atoms in total. The van der Waals surface area contributed by atoms with E-state index < -0.39 is 10.1 Å². The number of hydrogen-bond donors (Lipinski definition) is 2. The Morgan fingerprint density at radius 2 is 1.59 bits per heavy atom. The van der Waals surface area contributed by atoms with Gasteiger partial charge in [0.1, 0.15) is 0 Å². The van der Waals surface area contributed by atoms with Crippen LogP contribution in [0.1, 0.15) is 5.56 Å². The molecule has 0 aliphatic carbocycles. The van der Waals surface area contributed by atoms with Crippen molar-refractivity contribution in [1.82, 2.24) is 0 Å². The molecule has 3 aromatic rings. The predicted molar refractivity (Wildman–Crippen MR) is 87.5 cm³/mol. The summed E-state index contributed by atoms with van der Waals surface area (Å²) in [6.45, 7) is 0.685. The van der Waals surface area contributed by atoms with E-state index in [2.05, 4.69) is 5.32 Å². The Balaban J connectivity index is 1.88. The molecule has 0 bridgehead atoms. The van der Waals surface area contributed by atoms with Gasteiger partial charge in [-0.05, 0) is 40.6 Å². The van der Waals surface area contributed by atoms with E-state index in [9.17, 15) is 8.42 Å². The smallest absolute Gasteiger partial charge is 0.294 e. The summed E-state index contributed by atoms with van der Waals surface area (Å²) in [7, 11) is -4.18. The van der Waals surface area contributed by atoms with Gasteiger partial charge in [-0.25, -0.2) is 0 Å². The molecule has 112 valence electrons. The molecular formula is C17H15NO3S. The average Bonchev–Trinajstić information content (AvgIpc) is 2.52. The van der Waals surface area contributed by atoms with Gasteiger partial charge in [0.15, 0.2) is 0 Å². The number of hydrogen-bond acceptors (Lipinski definition) is 3. The molecule has 3 rings (SSSR count). The van der Waals surface area contributed by atoms with Crippen LogP contribution in [0.5, 0.6) is 0 Å². The zero-order valence-electron chi connectivity index (χ0n) is 11.7. The van der Waals surface area contributed by atoms with Crippen molar-refractivity contribution < 1.29 is 13.0 Å². The van der Waals surface area contributed by atoms with Crippen LogP contribution in [0.25, 0.3) is 10.8 Å². The molecule has 0 fully saturated rings. The molecular weight excluding hydrogens is 298 g/mol. The van der Waals surface area contributed by atoms with E-state index in [1.807, 2.05) is 48.5 Å². The summed E-state index contributed by atoms with van der Waals surface area (Å²) in [5, 5.41) is 4.97. The molecule has 0 radical (unpaired) electrons. The molecule has 5 heteroatoms. The molecule has 0 amide bonds. The van der Waals surface area contributed by atoms with E-state index in [0.29, 0.717) is 6.54 Å². The van der Waals surface area contributed by atoms with Crippen LogP contribution in [-0.4, -0.2) is 13.0 Å². The fraction of sp³-hybridized carbons (Fsp3) is 0.0588. The number of anilines is 1. The van der Waals surface area contributed by atoms with Gasteiger partial charge in [-0.1, -0.05) is 42.5 Å². The lowest BCUT2D eigenvalue weighted by Gasteiger charge is -2.08. The molecule has 0 unspecified atom stereocenters. The van der Waals surface area contributed by atoms with Crippen molar-refractivity contribution in [2.45, 2.75) is 11.4 Å². The van der Waals surface area contributed by atoms with E-state index in [-0.39, 0.29) is 4.90 Å². The minimum absolute atomic E-state index is 0.0970. The lowest BCUT2D eigenvalue weighted by atomic mass is 10.1. The first-order valence-electron chi connectivity index (χ1n) is 6.81. The molecule has 22 heavy (non-hydrogen) atoms. The highest BCUT2D eigenvalue weighted by molar-refractivity contribution is 7.85. The molecule has 3 aromatic carbocycles. The second-order valence-electron chi connectivity index (χ2n) is 5.04. The molecule has 0 aliphatic rings. The Morgan fingerprint density at radius 1 is 0.864 bits per heavy atom. The SMILES string of the molecule is O=S(=O)(O)c1ccc2ccc(NCc3ccccc3)cc2c1.